The van der Waals surface area contributed by atoms with Crippen LogP contribution in [0.4, 0.5) is 14.5 Å². The second kappa shape index (κ2) is 10.8. The average Bonchev–Trinajstić information content (AvgIpc) is 2.87. The van der Waals surface area contributed by atoms with Crippen molar-refractivity contribution in [1.29, 1.82) is 0 Å². The summed E-state index contributed by atoms with van der Waals surface area (Å²) in [6.07, 6.45) is 0.945. The lowest BCUT2D eigenvalue weighted by Crippen LogP contribution is -2.55. The molecule has 0 spiro atoms. The van der Waals surface area contributed by atoms with E-state index in [4.69, 9.17) is 0 Å². The highest BCUT2D eigenvalue weighted by Gasteiger charge is 2.35. The molecule has 3 aromatic rings. The summed E-state index contributed by atoms with van der Waals surface area (Å²) in [7, 11) is -3.94. The van der Waals surface area contributed by atoms with Crippen molar-refractivity contribution in [1.82, 2.24) is 9.80 Å². The molecule has 6 nitrogen and oxygen atoms in total. The Morgan fingerprint density at radius 1 is 0.833 bits per heavy atom. The van der Waals surface area contributed by atoms with Crippen LogP contribution in [0.5, 0.6) is 0 Å². The van der Waals surface area contributed by atoms with Crippen LogP contribution in [0.15, 0.2) is 78.9 Å². The lowest BCUT2D eigenvalue weighted by Gasteiger charge is -2.41. The van der Waals surface area contributed by atoms with E-state index in [1.165, 1.54) is 6.92 Å². The molecule has 0 unspecified atom stereocenters. The smallest absolute Gasteiger partial charge is 0.246 e. The number of piperazine rings is 1. The molecule has 36 heavy (non-hydrogen) atoms. The Bertz CT molecular complexity index is 1260. The molecule has 1 fully saturated rings. The zero-order valence-electron chi connectivity index (χ0n) is 20.2. The van der Waals surface area contributed by atoms with Gasteiger partial charge in [-0.05, 0) is 30.2 Å². The van der Waals surface area contributed by atoms with Crippen LogP contribution < -0.4 is 4.31 Å². The fraction of sp³-hybridized carbons (Fsp3) is 0.296. The van der Waals surface area contributed by atoms with Gasteiger partial charge in [-0.15, -0.1) is 0 Å². The summed E-state index contributed by atoms with van der Waals surface area (Å²) < 4.78 is 53.2. The van der Waals surface area contributed by atoms with Crippen LogP contribution in [0, 0.1) is 11.6 Å². The minimum Gasteiger partial charge on any atom is -0.338 e. The second-order valence-electron chi connectivity index (χ2n) is 8.92. The third kappa shape index (κ3) is 5.57. The molecule has 0 saturated carbocycles. The molecule has 1 heterocycles. The van der Waals surface area contributed by atoms with Gasteiger partial charge in [0.15, 0.2) is 11.6 Å². The molecule has 1 saturated heterocycles. The van der Waals surface area contributed by atoms with Gasteiger partial charge >= 0.3 is 0 Å². The van der Waals surface area contributed by atoms with Gasteiger partial charge < -0.3 is 4.90 Å². The van der Waals surface area contributed by atoms with Crippen LogP contribution in [0.1, 0.15) is 24.1 Å². The molecule has 0 aliphatic carbocycles. The van der Waals surface area contributed by atoms with E-state index in [-0.39, 0.29) is 17.6 Å². The fourth-order valence-electron chi connectivity index (χ4n) is 4.77. The number of hydrogen-bond donors (Lipinski definition) is 0. The maximum Gasteiger partial charge on any atom is 0.246 e. The number of nitrogens with zero attached hydrogens (tertiary/aromatic N) is 3. The maximum atomic E-state index is 13.8. The first-order valence-electron chi connectivity index (χ1n) is 11.7. The largest absolute Gasteiger partial charge is 0.338 e. The molecule has 0 aromatic heterocycles. The van der Waals surface area contributed by atoms with Crippen molar-refractivity contribution in [3.05, 3.63) is 102 Å². The molecule has 1 atom stereocenters. The molecule has 1 amide bonds. The highest BCUT2D eigenvalue weighted by atomic mass is 32.2. The molecule has 0 radical (unpaired) electrons. The number of carbonyl (C=O) groups excluding carboxylic acids is 1. The topological polar surface area (TPSA) is 60.9 Å². The summed E-state index contributed by atoms with van der Waals surface area (Å²) in [6, 6.07) is 22.0. The molecule has 1 aliphatic rings. The number of anilines is 1. The molecule has 0 N–H and O–H groups in total. The van der Waals surface area contributed by atoms with Gasteiger partial charge in [0.25, 0.3) is 0 Å². The summed E-state index contributed by atoms with van der Waals surface area (Å²) >= 11 is 0. The molecular weight excluding hydrogens is 484 g/mol. The first kappa shape index (κ1) is 25.8. The number of benzene rings is 3. The fourth-order valence-corrected chi connectivity index (χ4v) is 5.94. The van der Waals surface area contributed by atoms with Crippen molar-refractivity contribution >= 4 is 21.6 Å². The first-order valence-corrected chi connectivity index (χ1v) is 13.6. The number of sulfonamides is 1. The quantitative estimate of drug-likeness (QED) is 0.478. The first-order chi connectivity index (χ1) is 17.2. The monoisotopic (exact) mass is 513 g/mol. The Hall–Kier alpha value is -3.30. The van der Waals surface area contributed by atoms with Gasteiger partial charge in [0.1, 0.15) is 6.04 Å². The molecule has 0 bridgehead atoms. The minimum absolute atomic E-state index is 0.0248. The van der Waals surface area contributed by atoms with E-state index >= 15 is 0 Å². The zero-order chi connectivity index (χ0) is 25.9. The van der Waals surface area contributed by atoms with Crippen molar-refractivity contribution in [2.45, 2.75) is 19.0 Å². The Morgan fingerprint density at radius 3 is 1.83 bits per heavy atom. The Labute approximate surface area is 210 Å². The van der Waals surface area contributed by atoms with Crippen LogP contribution in [0.25, 0.3) is 0 Å². The van der Waals surface area contributed by atoms with Gasteiger partial charge in [-0.3, -0.25) is 14.0 Å². The molecule has 9 heteroatoms. The van der Waals surface area contributed by atoms with Gasteiger partial charge in [0, 0.05) is 32.2 Å². The minimum atomic E-state index is -3.94. The van der Waals surface area contributed by atoms with Crippen molar-refractivity contribution in [3.63, 3.8) is 0 Å². The predicted octanol–water partition coefficient (Wildman–Crippen LogP) is 4.05. The van der Waals surface area contributed by atoms with E-state index in [1.807, 2.05) is 36.4 Å². The Kier molecular flexibility index (Phi) is 7.70. The van der Waals surface area contributed by atoms with Gasteiger partial charge in [0.05, 0.1) is 18.0 Å². The van der Waals surface area contributed by atoms with Gasteiger partial charge in [-0.2, -0.15) is 0 Å². The summed E-state index contributed by atoms with van der Waals surface area (Å²) in [4.78, 5) is 17.3. The average molecular weight is 514 g/mol. The van der Waals surface area contributed by atoms with Crippen molar-refractivity contribution < 1.29 is 22.0 Å². The highest BCUT2D eigenvalue weighted by Crippen LogP contribution is 2.30. The molecular formula is C27H29F2N3O3S. The third-order valence-electron chi connectivity index (χ3n) is 6.45. The maximum absolute atomic E-state index is 13.8. The van der Waals surface area contributed by atoms with Crippen LogP contribution in [-0.2, 0) is 14.8 Å². The van der Waals surface area contributed by atoms with Crippen molar-refractivity contribution in [2.75, 3.05) is 36.7 Å². The van der Waals surface area contributed by atoms with Crippen molar-refractivity contribution in [2.24, 2.45) is 0 Å². The number of carbonyl (C=O) groups is 1. The predicted molar refractivity (Wildman–Crippen MR) is 136 cm³/mol. The van der Waals surface area contributed by atoms with E-state index in [0.717, 1.165) is 39.9 Å². The van der Waals surface area contributed by atoms with Gasteiger partial charge in [-0.25, -0.2) is 17.2 Å². The number of hydrogen-bond acceptors (Lipinski definition) is 4. The van der Waals surface area contributed by atoms with Crippen LogP contribution >= 0.6 is 0 Å². The Balaban J connectivity index is 1.52. The van der Waals surface area contributed by atoms with E-state index in [2.05, 4.69) is 29.2 Å². The molecule has 3 aromatic carbocycles. The standard InChI is InChI=1S/C27H29F2N3O3S/c1-20(32(36(2,34)35)23-13-14-24(28)25(29)19-23)27(33)31-17-15-30(16-18-31)26(21-9-5-3-6-10-21)22-11-7-4-8-12-22/h3-14,19-20,26H,15-18H2,1-2H3/t20-/m0/s1. The highest BCUT2D eigenvalue weighted by molar-refractivity contribution is 7.92. The van der Waals surface area contributed by atoms with Gasteiger partial charge in [-0.1, -0.05) is 60.7 Å². The summed E-state index contributed by atoms with van der Waals surface area (Å²) in [6.45, 7) is 3.48. The number of amides is 1. The zero-order valence-corrected chi connectivity index (χ0v) is 21.0. The van der Waals surface area contributed by atoms with Crippen LogP contribution in [0.3, 0.4) is 0 Å². The summed E-state index contributed by atoms with van der Waals surface area (Å²) in [5.41, 5.74) is 2.21. The normalized spacial score (nSPS) is 15.6. The molecule has 4 rings (SSSR count). The third-order valence-corrected chi connectivity index (χ3v) is 7.69. The second-order valence-corrected chi connectivity index (χ2v) is 10.8. The lowest BCUT2D eigenvalue weighted by molar-refractivity contribution is -0.134. The Morgan fingerprint density at radius 2 is 1.36 bits per heavy atom. The van der Waals surface area contributed by atoms with Crippen molar-refractivity contribution in [3.8, 4) is 0 Å². The van der Waals surface area contributed by atoms with Gasteiger partial charge in [0.2, 0.25) is 15.9 Å². The summed E-state index contributed by atoms with van der Waals surface area (Å²) in [5, 5.41) is 0. The summed E-state index contributed by atoms with van der Waals surface area (Å²) in [5.74, 6) is -2.66. The van der Waals surface area contributed by atoms with E-state index in [9.17, 15) is 22.0 Å². The van der Waals surface area contributed by atoms with Crippen LogP contribution in [-0.4, -0.2) is 62.6 Å². The lowest BCUT2D eigenvalue weighted by atomic mass is 9.96. The number of rotatable bonds is 7. The van der Waals surface area contributed by atoms with E-state index in [1.54, 1.807) is 4.90 Å². The molecule has 1 aliphatic heterocycles. The van der Waals surface area contributed by atoms with E-state index < -0.39 is 27.7 Å². The van der Waals surface area contributed by atoms with E-state index in [0.29, 0.717) is 26.2 Å². The number of halogens is 2. The van der Waals surface area contributed by atoms with Crippen LogP contribution in [0.2, 0.25) is 0 Å². The SMILES string of the molecule is C[C@@H](C(=O)N1CCN(C(c2ccccc2)c2ccccc2)CC1)N(c1ccc(F)c(F)c1)S(C)(=O)=O. The molecule has 190 valence electrons.